The number of aromatic nitrogens is 2. The van der Waals surface area contributed by atoms with Crippen molar-refractivity contribution in [3.63, 3.8) is 0 Å². The lowest BCUT2D eigenvalue weighted by atomic mass is 9.89. The SMILES string of the molecule is COc1cc(Cl)c(C)cc1Nc1ncnc2sc3c(c12)CCC(C)C3. The van der Waals surface area contributed by atoms with Crippen molar-refractivity contribution in [3.05, 3.63) is 39.5 Å². The second-order valence-electron chi connectivity index (χ2n) is 6.68. The highest BCUT2D eigenvalue weighted by Crippen LogP contribution is 2.41. The minimum atomic E-state index is 0.692. The van der Waals surface area contributed by atoms with Gasteiger partial charge in [0.05, 0.1) is 18.2 Å². The lowest BCUT2D eigenvalue weighted by Gasteiger charge is -2.18. The molecule has 1 aliphatic carbocycles. The Labute approximate surface area is 156 Å². The number of hydrogen-bond donors (Lipinski definition) is 1. The summed E-state index contributed by atoms with van der Waals surface area (Å²) in [4.78, 5) is 11.5. The van der Waals surface area contributed by atoms with Gasteiger partial charge in [-0.25, -0.2) is 9.97 Å². The van der Waals surface area contributed by atoms with E-state index in [2.05, 4.69) is 22.2 Å². The molecule has 0 aliphatic heterocycles. The number of methoxy groups -OCH3 is 1. The van der Waals surface area contributed by atoms with E-state index in [4.69, 9.17) is 16.3 Å². The number of nitrogens with one attached hydrogen (secondary N) is 1. The molecule has 2 heterocycles. The van der Waals surface area contributed by atoms with Crippen molar-refractivity contribution in [1.82, 2.24) is 9.97 Å². The molecule has 1 unspecified atom stereocenters. The molecule has 0 saturated heterocycles. The van der Waals surface area contributed by atoms with Crippen molar-refractivity contribution in [2.24, 2.45) is 5.92 Å². The van der Waals surface area contributed by atoms with Gasteiger partial charge < -0.3 is 10.1 Å². The van der Waals surface area contributed by atoms with E-state index in [1.54, 1.807) is 24.8 Å². The number of fused-ring (bicyclic) bond motifs is 3. The largest absolute Gasteiger partial charge is 0.495 e. The van der Waals surface area contributed by atoms with Crippen molar-refractivity contribution < 1.29 is 4.74 Å². The summed E-state index contributed by atoms with van der Waals surface area (Å²) in [6.07, 6.45) is 5.08. The van der Waals surface area contributed by atoms with Crippen molar-refractivity contribution >= 4 is 44.7 Å². The summed E-state index contributed by atoms with van der Waals surface area (Å²) in [6, 6.07) is 3.83. The molecule has 2 aromatic heterocycles. The average molecular weight is 374 g/mol. The summed E-state index contributed by atoms with van der Waals surface area (Å²) in [5.74, 6) is 2.29. The number of thiophene rings is 1. The fraction of sp³-hybridized carbons (Fsp3) is 0.368. The number of rotatable bonds is 3. The molecule has 6 heteroatoms. The van der Waals surface area contributed by atoms with E-state index in [9.17, 15) is 0 Å². The third kappa shape index (κ3) is 2.96. The molecule has 1 N–H and O–H groups in total. The standard InChI is InChI=1S/C19H20ClN3OS/c1-10-4-5-12-16(6-10)25-19-17(12)18(21-9-22-19)23-14-7-11(2)13(20)8-15(14)24-3/h7-10H,4-6H2,1-3H3,(H,21,22,23). The monoisotopic (exact) mass is 373 g/mol. The first-order valence-electron chi connectivity index (χ1n) is 8.43. The molecular formula is C19H20ClN3OS. The predicted octanol–water partition coefficient (Wildman–Crippen LogP) is 5.53. The number of ether oxygens (including phenoxy) is 1. The molecule has 0 radical (unpaired) electrons. The number of halogens is 1. The Kier molecular flexibility index (Phi) is 4.29. The average Bonchev–Trinajstić information content (AvgIpc) is 2.96. The lowest BCUT2D eigenvalue weighted by Crippen LogP contribution is -2.09. The Morgan fingerprint density at radius 2 is 2.16 bits per heavy atom. The Hall–Kier alpha value is -1.85. The van der Waals surface area contributed by atoms with E-state index in [-0.39, 0.29) is 0 Å². The third-order valence-electron chi connectivity index (χ3n) is 4.83. The van der Waals surface area contributed by atoms with Gasteiger partial charge in [0, 0.05) is 16.0 Å². The van der Waals surface area contributed by atoms with Crippen LogP contribution >= 0.6 is 22.9 Å². The highest BCUT2D eigenvalue weighted by Gasteiger charge is 2.23. The zero-order valence-corrected chi connectivity index (χ0v) is 16.1. The lowest BCUT2D eigenvalue weighted by molar-refractivity contribution is 0.416. The summed E-state index contributed by atoms with van der Waals surface area (Å²) >= 11 is 8.02. The molecule has 130 valence electrons. The molecule has 1 aliphatic rings. The number of anilines is 2. The molecular weight excluding hydrogens is 354 g/mol. The number of aryl methyl sites for hydroxylation is 2. The fourth-order valence-corrected chi connectivity index (χ4v) is 4.93. The van der Waals surface area contributed by atoms with Gasteiger partial charge in [0.1, 0.15) is 22.7 Å². The molecule has 4 rings (SSSR count). The summed E-state index contributed by atoms with van der Waals surface area (Å²) in [5, 5.41) is 5.30. The molecule has 0 amide bonds. The minimum Gasteiger partial charge on any atom is -0.495 e. The molecule has 0 bridgehead atoms. The molecule has 1 atom stereocenters. The predicted molar refractivity (Wildman–Crippen MR) is 105 cm³/mol. The molecule has 0 fully saturated rings. The van der Waals surface area contributed by atoms with Crippen LogP contribution in [0.5, 0.6) is 5.75 Å². The second kappa shape index (κ2) is 6.46. The van der Waals surface area contributed by atoms with Crippen LogP contribution in [-0.4, -0.2) is 17.1 Å². The summed E-state index contributed by atoms with van der Waals surface area (Å²) < 4.78 is 5.49. The van der Waals surface area contributed by atoms with Gasteiger partial charge >= 0.3 is 0 Å². The summed E-state index contributed by atoms with van der Waals surface area (Å²) in [7, 11) is 1.65. The van der Waals surface area contributed by atoms with E-state index < -0.39 is 0 Å². The van der Waals surface area contributed by atoms with Gasteiger partial charge in [-0.15, -0.1) is 11.3 Å². The zero-order chi connectivity index (χ0) is 17.6. The quantitative estimate of drug-likeness (QED) is 0.655. The van der Waals surface area contributed by atoms with Gasteiger partial charge in [0.2, 0.25) is 0 Å². The topological polar surface area (TPSA) is 47.0 Å². The first-order valence-corrected chi connectivity index (χ1v) is 9.62. The van der Waals surface area contributed by atoms with Crippen LogP contribution in [0.2, 0.25) is 5.02 Å². The van der Waals surface area contributed by atoms with Crippen LogP contribution in [0.3, 0.4) is 0 Å². The Morgan fingerprint density at radius 1 is 1.32 bits per heavy atom. The first kappa shape index (κ1) is 16.6. The van der Waals surface area contributed by atoms with Crippen molar-refractivity contribution in [1.29, 1.82) is 0 Å². The van der Waals surface area contributed by atoms with Crippen LogP contribution in [0.15, 0.2) is 18.5 Å². The minimum absolute atomic E-state index is 0.692. The second-order valence-corrected chi connectivity index (χ2v) is 8.17. The molecule has 0 saturated carbocycles. The maximum Gasteiger partial charge on any atom is 0.143 e. The van der Waals surface area contributed by atoms with E-state index in [0.29, 0.717) is 10.8 Å². The van der Waals surface area contributed by atoms with Crippen LogP contribution in [0.1, 0.15) is 29.3 Å². The first-order chi connectivity index (χ1) is 12.1. The van der Waals surface area contributed by atoms with E-state index in [0.717, 1.165) is 46.0 Å². The van der Waals surface area contributed by atoms with Crippen LogP contribution in [-0.2, 0) is 12.8 Å². The molecule has 4 nitrogen and oxygen atoms in total. The van der Waals surface area contributed by atoms with E-state index in [1.165, 1.54) is 16.9 Å². The van der Waals surface area contributed by atoms with Crippen LogP contribution in [0.4, 0.5) is 11.5 Å². The van der Waals surface area contributed by atoms with Gasteiger partial charge in [-0.2, -0.15) is 0 Å². The van der Waals surface area contributed by atoms with Crippen molar-refractivity contribution in [3.8, 4) is 5.75 Å². The number of benzene rings is 1. The van der Waals surface area contributed by atoms with Crippen LogP contribution in [0.25, 0.3) is 10.2 Å². The van der Waals surface area contributed by atoms with E-state index >= 15 is 0 Å². The normalized spacial score (nSPS) is 16.7. The van der Waals surface area contributed by atoms with Gasteiger partial charge in [-0.3, -0.25) is 0 Å². The zero-order valence-electron chi connectivity index (χ0n) is 14.5. The molecule has 1 aromatic carbocycles. The molecule has 0 spiro atoms. The van der Waals surface area contributed by atoms with E-state index in [1.807, 2.05) is 19.1 Å². The Morgan fingerprint density at radius 3 is 2.96 bits per heavy atom. The maximum atomic E-state index is 6.22. The van der Waals surface area contributed by atoms with Gasteiger partial charge in [0.25, 0.3) is 0 Å². The van der Waals surface area contributed by atoms with Gasteiger partial charge in [-0.1, -0.05) is 18.5 Å². The summed E-state index contributed by atoms with van der Waals surface area (Å²) in [6.45, 7) is 4.30. The number of hydrogen-bond acceptors (Lipinski definition) is 5. The highest BCUT2D eigenvalue weighted by atomic mass is 35.5. The van der Waals surface area contributed by atoms with Crippen LogP contribution < -0.4 is 10.1 Å². The molecule has 3 aromatic rings. The smallest absolute Gasteiger partial charge is 0.143 e. The Balaban J connectivity index is 1.82. The fourth-order valence-electron chi connectivity index (χ4n) is 3.43. The van der Waals surface area contributed by atoms with Crippen molar-refractivity contribution in [2.75, 3.05) is 12.4 Å². The van der Waals surface area contributed by atoms with Gasteiger partial charge in [0.15, 0.2) is 0 Å². The third-order valence-corrected chi connectivity index (χ3v) is 6.40. The summed E-state index contributed by atoms with van der Waals surface area (Å²) in [5.41, 5.74) is 3.27. The number of nitrogens with zero attached hydrogens (tertiary/aromatic N) is 2. The Bertz CT molecular complexity index is 953. The van der Waals surface area contributed by atoms with Crippen molar-refractivity contribution in [2.45, 2.75) is 33.1 Å². The molecule has 25 heavy (non-hydrogen) atoms. The van der Waals surface area contributed by atoms with Gasteiger partial charge in [-0.05, 0) is 49.3 Å². The highest BCUT2D eigenvalue weighted by molar-refractivity contribution is 7.19. The van der Waals surface area contributed by atoms with Crippen LogP contribution in [0, 0.1) is 12.8 Å². The maximum absolute atomic E-state index is 6.22.